The molecule has 0 bridgehead atoms. The zero-order valence-corrected chi connectivity index (χ0v) is 18.1. The minimum absolute atomic E-state index is 0.0253. The molecule has 0 saturated heterocycles. The van der Waals surface area contributed by atoms with Crippen LogP contribution in [0, 0.1) is 0 Å². The van der Waals surface area contributed by atoms with Gasteiger partial charge in [0.05, 0.1) is 23.8 Å². The van der Waals surface area contributed by atoms with Gasteiger partial charge in [-0.2, -0.15) is 0 Å². The second kappa shape index (κ2) is 9.47. The van der Waals surface area contributed by atoms with Gasteiger partial charge in [0.25, 0.3) is 16.8 Å². The van der Waals surface area contributed by atoms with E-state index in [2.05, 4.69) is 10.6 Å². The summed E-state index contributed by atoms with van der Waals surface area (Å²) < 4.78 is 0. The van der Waals surface area contributed by atoms with Crippen LogP contribution in [0.25, 0.3) is 0 Å². The topological polar surface area (TPSA) is 116 Å². The summed E-state index contributed by atoms with van der Waals surface area (Å²) in [6.07, 6.45) is 0.681. The van der Waals surface area contributed by atoms with E-state index in [9.17, 15) is 24.3 Å². The number of amides is 1. The average Bonchev–Trinajstić information content (AvgIpc) is 2.79. The third-order valence-electron chi connectivity index (χ3n) is 5.17. The lowest BCUT2D eigenvalue weighted by atomic mass is 10.0. The number of phenolic OH excluding ortho intramolecular Hbond substituents is 1. The van der Waals surface area contributed by atoms with Gasteiger partial charge in [-0.1, -0.05) is 43.3 Å². The van der Waals surface area contributed by atoms with Crippen molar-refractivity contribution in [1.29, 1.82) is 0 Å². The van der Waals surface area contributed by atoms with Crippen LogP contribution in [0.3, 0.4) is 0 Å². The highest BCUT2D eigenvalue weighted by molar-refractivity contribution is 6.00. The van der Waals surface area contributed by atoms with Crippen LogP contribution < -0.4 is 21.5 Å². The van der Waals surface area contributed by atoms with Crippen molar-refractivity contribution in [2.24, 2.45) is 0 Å². The van der Waals surface area contributed by atoms with Crippen molar-refractivity contribution in [2.45, 2.75) is 26.3 Å². The standard InChI is InChI=1S/C24H25N3O5/c1-4-17(15-9-6-5-7-10-15)25-19-20(23(31)22(19)30)26-18-12-8-11-16(21(18)29)24(32)27(3)13-14(2)28/h5-12,17,25-26,29H,4,13H2,1-3H3/t17-/m1/s1. The van der Waals surface area contributed by atoms with Gasteiger partial charge in [-0.25, -0.2) is 0 Å². The Morgan fingerprint density at radius 3 is 2.28 bits per heavy atom. The molecule has 8 heteroatoms. The molecule has 0 radical (unpaired) electrons. The molecule has 0 unspecified atom stereocenters. The number of carbonyl (C=O) groups is 2. The van der Waals surface area contributed by atoms with Gasteiger partial charge in [0, 0.05) is 7.05 Å². The summed E-state index contributed by atoms with van der Waals surface area (Å²) in [5.41, 5.74) is -0.137. The fourth-order valence-electron chi connectivity index (χ4n) is 3.49. The molecule has 1 amide bonds. The number of benzene rings is 2. The lowest BCUT2D eigenvalue weighted by molar-refractivity contribution is -0.117. The van der Waals surface area contributed by atoms with Crippen LogP contribution in [-0.4, -0.2) is 35.3 Å². The minimum Gasteiger partial charge on any atom is -0.505 e. The fraction of sp³-hybridized carbons (Fsp3) is 0.250. The minimum atomic E-state index is -0.708. The summed E-state index contributed by atoms with van der Waals surface area (Å²) in [6, 6.07) is 13.8. The van der Waals surface area contributed by atoms with Crippen molar-refractivity contribution in [2.75, 3.05) is 24.2 Å². The molecule has 0 saturated carbocycles. The van der Waals surface area contributed by atoms with Crippen LogP contribution in [0.2, 0.25) is 0 Å². The Balaban J connectivity index is 1.87. The van der Waals surface area contributed by atoms with Crippen LogP contribution in [0.4, 0.5) is 17.1 Å². The number of para-hydroxylation sites is 1. The number of anilines is 3. The molecule has 0 heterocycles. The van der Waals surface area contributed by atoms with Crippen LogP contribution in [0.1, 0.15) is 42.2 Å². The second-order valence-corrected chi connectivity index (χ2v) is 7.61. The lowest BCUT2D eigenvalue weighted by Crippen LogP contribution is -2.37. The first-order valence-electron chi connectivity index (χ1n) is 10.2. The molecule has 0 aromatic heterocycles. The third-order valence-corrected chi connectivity index (χ3v) is 5.17. The summed E-state index contributed by atoms with van der Waals surface area (Å²) in [6.45, 7) is 3.22. The summed E-state index contributed by atoms with van der Waals surface area (Å²) in [4.78, 5) is 49.5. The first-order valence-corrected chi connectivity index (χ1v) is 10.2. The molecule has 3 aromatic rings. The average molecular weight is 435 g/mol. The Bertz CT molecular complexity index is 1210. The van der Waals surface area contributed by atoms with Crippen molar-refractivity contribution in [3.63, 3.8) is 0 Å². The molecular weight excluding hydrogens is 410 g/mol. The number of rotatable bonds is 9. The number of likely N-dealkylation sites (N-methyl/N-ethyl adjacent to an activating group) is 1. The van der Waals surface area contributed by atoms with Crippen LogP contribution in [0.5, 0.6) is 5.75 Å². The smallest absolute Gasteiger partial charge is 0.257 e. The Kier molecular flexibility index (Phi) is 6.73. The molecule has 0 aliphatic heterocycles. The molecule has 166 valence electrons. The summed E-state index contributed by atoms with van der Waals surface area (Å²) in [7, 11) is 1.45. The van der Waals surface area contributed by atoms with Crippen LogP contribution >= 0.6 is 0 Å². The van der Waals surface area contributed by atoms with Crippen molar-refractivity contribution in [3.05, 3.63) is 80.1 Å². The molecule has 32 heavy (non-hydrogen) atoms. The first kappa shape index (κ1) is 22.7. The fourth-order valence-corrected chi connectivity index (χ4v) is 3.49. The van der Waals surface area contributed by atoms with E-state index in [0.717, 1.165) is 5.56 Å². The molecule has 3 N–H and O–H groups in total. The maximum atomic E-state index is 12.6. The molecule has 3 aromatic carbocycles. The molecule has 1 atom stereocenters. The number of nitrogens with zero attached hydrogens (tertiary/aromatic N) is 1. The van der Waals surface area contributed by atoms with E-state index >= 15 is 0 Å². The van der Waals surface area contributed by atoms with E-state index < -0.39 is 16.8 Å². The molecule has 0 fully saturated rings. The van der Waals surface area contributed by atoms with Crippen LogP contribution in [-0.2, 0) is 4.79 Å². The van der Waals surface area contributed by atoms with Crippen molar-refractivity contribution in [3.8, 4) is 5.75 Å². The van der Waals surface area contributed by atoms with Gasteiger partial charge in [-0.05, 0) is 31.0 Å². The van der Waals surface area contributed by atoms with Gasteiger partial charge in [0.15, 0.2) is 5.75 Å². The van der Waals surface area contributed by atoms with E-state index in [4.69, 9.17) is 0 Å². The van der Waals surface area contributed by atoms with Crippen molar-refractivity contribution < 1.29 is 14.7 Å². The number of carbonyl (C=O) groups excluding carboxylic acids is 2. The van der Waals surface area contributed by atoms with Gasteiger partial charge >= 0.3 is 0 Å². The quantitative estimate of drug-likeness (QED) is 0.350. The van der Waals surface area contributed by atoms with E-state index in [1.807, 2.05) is 37.3 Å². The van der Waals surface area contributed by atoms with Gasteiger partial charge in [0.1, 0.15) is 17.2 Å². The number of Topliss-reactive ketones (excluding diaryl/α,β-unsaturated/α-hetero) is 1. The zero-order chi connectivity index (χ0) is 23.4. The number of nitrogens with one attached hydrogen (secondary N) is 2. The van der Waals surface area contributed by atoms with Gasteiger partial charge < -0.3 is 20.6 Å². The molecule has 8 nitrogen and oxygen atoms in total. The number of hydrogen-bond donors (Lipinski definition) is 3. The van der Waals surface area contributed by atoms with E-state index in [0.29, 0.717) is 6.42 Å². The number of ketones is 1. The predicted molar refractivity (Wildman–Crippen MR) is 123 cm³/mol. The Morgan fingerprint density at radius 1 is 1.00 bits per heavy atom. The molecule has 0 aliphatic rings. The van der Waals surface area contributed by atoms with E-state index in [1.54, 1.807) is 0 Å². The predicted octanol–water partition coefficient (Wildman–Crippen LogP) is 2.96. The Hall–Kier alpha value is -3.94. The van der Waals surface area contributed by atoms with E-state index in [1.165, 1.54) is 37.1 Å². The first-order chi connectivity index (χ1) is 15.2. The SMILES string of the molecule is CC[C@@H](Nc1c(Nc2cccc(C(=O)N(C)CC(C)=O)c2O)c(=O)c1=O)c1ccccc1. The Labute approximate surface area is 185 Å². The van der Waals surface area contributed by atoms with Crippen molar-refractivity contribution in [1.82, 2.24) is 4.90 Å². The highest BCUT2D eigenvalue weighted by atomic mass is 16.3. The maximum absolute atomic E-state index is 12.6. The number of phenols is 1. The molecular formula is C24H25N3O5. The molecule has 0 aliphatic carbocycles. The second-order valence-electron chi connectivity index (χ2n) is 7.61. The Morgan fingerprint density at radius 2 is 1.66 bits per heavy atom. The highest BCUT2D eigenvalue weighted by Crippen LogP contribution is 2.33. The van der Waals surface area contributed by atoms with Crippen molar-refractivity contribution >= 4 is 28.8 Å². The van der Waals surface area contributed by atoms with Crippen LogP contribution in [0.15, 0.2) is 58.1 Å². The molecule has 3 rings (SSSR count). The summed E-state index contributed by atoms with van der Waals surface area (Å²) in [5.74, 6) is -1.11. The summed E-state index contributed by atoms with van der Waals surface area (Å²) in [5, 5.41) is 16.5. The third kappa shape index (κ3) is 4.54. The molecule has 0 spiro atoms. The van der Waals surface area contributed by atoms with Gasteiger partial charge in [-0.15, -0.1) is 0 Å². The number of hydrogen-bond acceptors (Lipinski definition) is 7. The van der Waals surface area contributed by atoms with E-state index in [-0.39, 0.29) is 46.7 Å². The highest BCUT2D eigenvalue weighted by Gasteiger charge is 2.26. The number of aromatic hydroxyl groups is 1. The lowest BCUT2D eigenvalue weighted by Gasteiger charge is -2.22. The summed E-state index contributed by atoms with van der Waals surface area (Å²) >= 11 is 0. The normalized spacial score (nSPS) is 11.7. The maximum Gasteiger partial charge on any atom is 0.257 e. The van der Waals surface area contributed by atoms with Gasteiger partial charge in [0.2, 0.25) is 0 Å². The zero-order valence-electron chi connectivity index (χ0n) is 18.1. The van der Waals surface area contributed by atoms with Gasteiger partial charge in [-0.3, -0.25) is 19.2 Å². The largest absolute Gasteiger partial charge is 0.505 e. The monoisotopic (exact) mass is 435 g/mol.